The molecule has 41 heavy (non-hydrogen) atoms. The van der Waals surface area contributed by atoms with Crippen molar-refractivity contribution < 1.29 is 14.3 Å². The van der Waals surface area contributed by atoms with Gasteiger partial charge < -0.3 is 30.3 Å². The lowest BCUT2D eigenvalue weighted by Gasteiger charge is -2.38. The van der Waals surface area contributed by atoms with Crippen molar-refractivity contribution in [3.8, 4) is 16.9 Å². The molecule has 0 atom stereocenters. The van der Waals surface area contributed by atoms with Crippen LogP contribution >= 0.6 is 0 Å². The molecule has 1 saturated carbocycles. The number of H-pyrrole nitrogens is 1. The van der Waals surface area contributed by atoms with Gasteiger partial charge in [-0.2, -0.15) is 5.10 Å². The van der Waals surface area contributed by atoms with E-state index >= 15 is 0 Å². The van der Waals surface area contributed by atoms with E-state index in [0.717, 1.165) is 91.0 Å². The lowest BCUT2D eigenvalue weighted by molar-refractivity contribution is 0.0262. The molecular formula is C31H35N7O3. The number of carbonyl (C=O) groups is 1. The zero-order chi connectivity index (χ0) is 27.8. The van der Waals surface area contributed by atoms with Crippen molar-refractivity contribution in [3.63, 3.8) is 0 Å². The minimum atomic E-state index is -0.0101. The maximum atomic E-state index is 13.3. The second-order valence-corrected chi connectivity index (χ2v) is 11.1. The highest BCUT2D eigenvalue weighted by Gasteiger charge is 2.28. The standard InChI is InChI=1S/C31H35N7O3/c32-30-29-26(35-36-30)16-21(18-28(29)41-24-7-14-40-15-8-24)20-3-6-25(31(39)34-22-4-5-22)27(17-20)38-12-10-37(11-13-38)23-2-1-9-33-19-23/h1-3,6,9,16-19,22,24H,4-5,7-8,10-15H2,(H,34,39)(H3,32,35,36). The lowest BCUT2D eigenvalue weighted by Crippen LogP contribution is -2.47. The van der Waals surface area contributed by atoms with Gasteiger partial charge in [-0.15, -0.1) is 0 Å². The summed E-state index contributed by atoms with van der Waals surface area (Å²) in [6.45, 7) is 4.68. The molecule has 2 aromatic carbocycles. The van der Waals surface area contributed by atoms with Gasteiger partial charge in [0.25, 0.3) is 5.91 Å². The Hall–Kier alpha value is -4.31. The molecule has 4 N–H and O–H groups in total. The van der Waals surface area contributed by atoms with Crippen LogP contribution in [-0.2, 0) is 4.74 Å². The molecule has 10 nitrogen and oxygen atoms in total. The summed E-state index contributed by atoms with van der Waals surface area (Å²) in [5.74, 6) is 1.13. The number of aromatic amines is 1. The summed E-state index contributed by atoms with van der Waals surface area (Å²) in [6.07, 6.45) is 7.54. The van der Waals surface area contributed by atoms with Gasteiger partial charge in [0.15, 0.2) is 5.82 Å². The summed E-state index contributed by atoms with van der Waals surface area (Å²) in [5, 5.41) is 11.3. The van der Waals surface area contributed by atoms with Gasteiger partial charge >= 0.3 is 0 Å². The number of hydrogen-bond acceptors (Lipinski definition) is 8. The average Bonchev–Trinajstić information content (AvgIpc) is 3.76. The summed E-state index contributed by atoms with van der Waals surface area (Å²) < 4.78 is 12.0. The van der Waals surface area contributed by atoms with Crippen molar-refractivity contribution in [2.45, 2.75) is 37.8 Å². The van der Waals surface area contributed by atoms with E-state index in [-0.39, 0.29) is 18.1 Å². The smallest absolute Gasteiger partial charge is 0.253 e. The zero-order valence-corrected chi connectivity index (χ0v) is 23.0. The Balaban J connectivity index is 1.22. The van der Waals surface area contributed by atoms with Crippen LogP contribution in [0.4, 0.5) is 17.2 Å². The molecule has 2 saturated heterocycles. The van der Waals surface area contributed by atoms with Gasteiger partial charge in [0.05, 0.1) is 47.3 Å². The lowest BCUT2D eigenvalue weighted by atomic mass is 9.99. The first-order chi connectivity index (χ1) is 20.1. The van der Waals surface area contributed by atoms with Crippen LogP contribution < -0.4 is 25.6 Å². The number of fused-ring (bicyclic) bond motifs is 1. The SMILES string of the molecule is Nc1n[nH]c2cc(-c3ccc(C(=O)NC4CC4)c(N4CCN(c5cccnc5)CC4)c3)cc(OC3CCOCC3)c12. The highest BCUT2D eigenvalue weighted by molar-refractivity contribution is 6.02. The number of amides is 1. The highest BCUT2D eigenvalue weighted by atomic mass is 16.5. The fourth-order valence-electron chi connectivity index (χ4n) is 5.78. The third-order valence-corrected chi connectivity index (χ3v) is 8.24. The van der Waals surface area contributed by atoms with E-state index in [1.165, 1.54) is 0 Å². The van der Waals surface area contributed by atoms with Crippen LogP contribution in [0.5, 0.6) is 5.75 Å². The van der Waals surface area contributed by atoms with Crippen molar-refractivity contribution >= 4 is 34.0 Å². The quantitative estimate of drug-likeness (QED) is 0.314. The van der Waals surface area contributed by atoms with E-state index in [1.54, 1.807) is 6.20 Å². The first-order valence-corrected chi connectivity index (χ1v) is 14.5. The topological polar surface area (TPSA) is 122 Å². The first-order valence-electron chi connectivity index (χ1n) is 14.5. The molecule has 0 spiro atoms. The minimum Gasteiger partial charge on any atom is -0.489 e. The third kappa shape index (κ3) is 5.39. The summed E-state index contributed by atoms with van der Waals surface area (Å²) in [4.78, 5) is 22.3. The average molecular weight is 554 g/mol. The monoisotopic (exact) mass is 553 g/mol. The van der Waals surface area contributed by atoms with Crippen LogP contribution in [0, 0.1) is 0 Å². The molecule has 4 heterocycles. The van der Waals surface area contributed by atoms with Gasteiger partial charge in [0.2, 0.25) is 0 Å². The number of anilines is 3. The molecule has 3 aliphatic rings. The Labute approximate surface area is 238 Å². The predicted octanol–water partition coefficient (Wildman–Crippen LogP) is 3.98. The molecule has 212 valence electrons. The van der Waals surface area contributed by atoms with Crippen LogP contribution in [0.25, 0.3) is 22.0 Å². The Morgan fingerprint density at radius 2 is 1.80 bits per heavy atom. The molecule has 3 fully saturated rings. The van der Waals surface area contributed by atoms with E-state index in [9.17, 15) is 4.79 Å². The van der Waals surface area contributed by atoms with Crippen molar-refractivity contribution in [2.24, 2.45) is 0 Å². The largest absolute Gasteiger partial charge is 0.489 e. The van der Waals surface area contributed by atoms with Crippen molar-refractivity contribution in [2.75, 3.05) is 54.9 Å². The number of nitrogens with zero attached hydrogens (tertiary/aromatic N) is 4. The summed E-state index contributed by atoms with van der Waals surface area (Å²) in [6, 6.07) is 14.6. The normalized spacial score (nSPS) is 18.0. The molecular weight excluding hydrogens is 518 g/mol. The Morgan fingerprint density at radius 3 is 2.56 bits per heavy atom. The summed E-state index contributed by atoms with van der Waals surface area (Å²) >= 11 is 0. The van der Waals surface area contributed by atoms with Crippen LogP contribution in [0.1, 0.15) is 36.0 Å². The number of ether oxygens (including phenoxy) is 2. The predicted molar refractivity (Wildman–Crippen MR) is 160 cm³/mol. The Bertz CT molecular complexity index is 1540. The number of pyridine rings is 1. The molecule has 7 rings (SSSR count). The number of hydrogen-bond donors (Lipinski definition) is 3. The van der Waals surface area contributed by atoms with E-state index in [0.29, 0.717) is 24.6 Å². The maximum absolute atomic E-state index is 13.3. The molecule has 4 aromatic rings. The first kappa shape index (κ1) is 25.6. The number of aromatic nitrogens is 3. The van der Waals surface area contributed by atoms with Gasteiger partial charge in [-0.3, -0.25) is 14.9 Å². The number of rotatable bonds is 7. The fraction of sp³-hybridized carbons (Fsp3) is 0.387. The van der Waals surface area contributed by atoms with Crippen LogP contribution in [0.2, 0.25) is 0 Å². The highest BCUT2D eigenvalue weighted by Crippen LogP contribution is 2.38. The molecule has 1 aliphatic carbocycles. The summed E-state index contributed by atoms with van der Waals surface area (Å²) in [7, 11) is 0. The van der Waals surface area contributed by atoms with E-state index in [4.69, 9.17) is 15.2 Å². The zero-order valence-electron chi connectivity index (χ0n) is 23.0. The number of nitrogens with two attached hydrogens (primary N) is 1. The van der Waals surface area contributed by atoms with E-state index in [1.807, 2.05) is 30.5 Å². The molecule has 1 amide bonds. The van der Waals surface area contributed by atoms with Gasteiger partial charge in [0, 0.05) is 51.3 Å². The molecule has 2 aromatic heterocycles. The molecule has 10 heteroatoms. The third-order valence-electron chi connectivity index (χ3n) is 8.24. The number of benzene rings is 2. The van der Waals surface area contributed by atoms with Crippen molar-refractivity contribution in [3.05, 3.63) is 60.4 Å². The van der Waals surface area contributed by atoms with Gasteiger partial charge in [-0.1, -0.05) is 6.07 Å². The molecule has 0 bridgehead atoms. The minimum absolute atomic E-state index is 0.0101. The fourth-order valence-corrected chi connectivity index (χ4v) is 5.78. The number of piperazine rings is 1. The number of nitrogen functional groups attached to an aromatic ring is 1. The summed E-state index contributed by atoms with van der Waals surface area (Å²) in [5.41, 5.74) is 11.8. The second kappa shape index (κ2) is 10.9. The van der Waals surface area contributed by atoms with Crippen LogP contribution in [-0.4, -0.2) is 72.6 Å². The van der Waals surface area contributed by atoms with Gasteiger partial charge in [-0.25, -0.2) is 0 Å². The Kier molecular flexibility index (Phi) is 6.84. The molecule has 2 aliphatic heterocycles. The maximum Gasteiger partial charge on any atom is 0.253 e. The number of carbonyl (C=O) groups excluding carboxylic acids is 1. The van der Waals surface area contributed by atoms with Gasteiger partial charge in [0.1, 0.15) is 11.9 Å². The Morgan fingerprint density at radius 1 is 1.00 bits per heavy atom. The second-order valence-electron chi connectivity index (χ2n) is 11.1. The molecule has 0 radical (unpaired) electrons. The van der Waals surface area contributed by atoms with Crippen molar-refractivity contribution in [1.82, 2.24) is 20.5 Å². The van der Waals surface area contributed by atoms with Crippen molar-refractivity contribution in [1.29, 1.82) is 0 Å². The molecule has 0 unspecified atom stereocenters. The number of nitrogens with one attached hydrogen (secondary N) is 2. The van der Waals surface area contributed by atoms with E-state index < -0.39 is 0 Å². The van der Waals surface area contributed by atoms with E-state index in [2.05, 4.69) is 48.5 Å². The van der Waals surface area contributed by atoms with Crippen LogP contribution in [0.15, 0.2) is 54.9 Å². The van der Waals surface area contributed by atoms with Crippen LogP contribution in [0.3, 0.4) is 0 Å². The van der Waals surface area contributed by atoms with Gasteiger partial charge in [-0.05, 0) is 60.4 Å².